The van der Waals surface area contributed by atoms with Gasteiger partial charge < -0.3 is 15.0 Å². The normalized spacial score (nSPS) is 17.4. The molecular weight excluding hydrogens is 342 g/mol. The maximum Gasteiger partial charge on any atom is 0.272 e. The number of carbonyl (C=O) groups is 1. The number of amides is 1. The molecule has 0 unspecified atom stereocenters. The van der Waals surface area contributed by atoms with Gasteiger partial charge in [0.1, 0.15) is 5.69 Å². The molecule has 0 atom stereocenters. The van der Waals surface area contributed by atoms with E-state index in [0.717, 1.165) is 52.4 Å². The molecule has 0 radical (unpaired) electrons. The van der Waals surface area contributed by atoms with Crippen LogP contribution in [0, 0.1) is 0 Å². The number of nitrogens with zero attached hydrogens (tertiary/aromatic N) is 4. The first-order valence-corrected chi connectivity index (χ1v) is 9.53. The summed E-state index contributed by atoms with van der Waals surface area (Å²) in [4.78, 5) is 25.8. The molecule has 4 rings (SSSR count). The Morgan fingerprint density at radius 1 is 1.11 bits per heavy atom. The van der Waals surface area contributed by atoms with Crippen LogP contribution in [0.25, 0.3) is 0 Å². The Labute approximate surface area is 159 Å². The molecular formula is C20H25N5O2. The number of nitrogens with one attached hydrogen (secondary N) is 1. The lowest BCUT2D eigenvalue weighted by molar-refractivity contribution is 0.0398. The largest absolute Gasteiger partial charge is 0.379 e. The van der Waals surface area contributed by atoms with Crippen LogP contribution < -0.4 is 5.32 Å². The van der Waals surface area contributed by atoms with Crippen molar-refractivity contribution in [1.82, 2.24) is 19.8 Å². The lowest BCUT2D eigenvalue weighted by atomic mass is 10.00. The fourth-order valence-electron chi connectivity index (χ4n) is 3.54. The molecule has 1 saturated heterocycles. The highest BCUT2D eigenvalue weighted by Gasteiger charge is 2.22. The molecule has 0 spiro atoms. The summed E-state index contributed by atoms with van der Waals surface area (Å²) < 4.78 is 5.36. The maximum atomic E-state index is 12.9. The molecule has 2 aliphatic heterocycles. The molecule has 27 heavy (non-hydrogen) atoms. The number of ether oxygens (including phenoxy) is 1. The highest BCUT2D eigenvalue weighted by Crippen LogP contribution is 2.20. The molecule has 3 heterocycles. The van der Waals surface area contributed by atoms with Gasteiger partial charge in [-0.2, -0.15) is 0 Å². The summed E-state index contributed by atoms with van der Waals surface area (Å²) in [5.74, 6) is 0.467. The quantitative estimate of drug-likeness (QED) is 0.862. The number of fused-ring (bicyclic) bond motifs is 1. The van der Waals surface area contributed by atoms with Gasteiger partial charge in [0.05, 0.1) is 13.2 Å². The van der Waals surface area contributed by atoms with Crippen molar-refractivity contribution in [2.75, 3.05) is 51.3 Å². The van der Waals surface area contributed by atoms with Gasteiger partial charge in [0.2, 0.25) is 5.95 Å². The first-order chi connectivity index (χ1) is 13.3. The van der Waals surface area contributed by atoms with Gasteiger partial charge in [0.25, 0.3) is 5.91 Å². The third kappa shape index (κ3) is 4.43. The van der Waals surface area contributed by atoms with Crippen LogP contribution >= 0.6 is 0 Å². The van der Waals surface area contributed by atoms with Crippen molar-refractivity contribution in [3.63, 3.8) is 0 Å². The maximum absolute atomic E-state index is 12.9. The number of anilines is 1. The second kappa shape index (κ2) is 8.45. The number of morpholine rings is 1. The summed E-state index contributed by atoms with van der Waals surface area (Å²) in [6, 6.07) is 9.99. The monoisotopic (exact) mass is 367 g/mol. The van der Waals surface area contributed by atoms with Crippen LogP contribution in [0.5, 0.6) is 0 Å². The van der Waals surface area contributed by atoms with E-state index in [4.69, 9.17) is 4.74 Å². The van der Waals surface area contributed by atoms with Crippen LogP contribution in [0.2, 0.25) is 0 Å². The summed E-state index contributed by atoms with van der Waals surface area (Å²) in [7, 11) is 0. The van der Waals surface area contributed by atoms with Crippen molar-refractivity contribution in [3.05, 3.63) is 53.3 Å². The molecule has 0 bridgehead atoms. The van der Waals surface area contributed by atoms with Crippen LogP contribution in [0.15, 0.2) is 36.5 Å². The summed E-state index contributed by atoms with van der Waals surface area (Å²) >= 11 is 0. The van der Waals surface area contributed by atoms with Crippen molar-refractivity contribution in [2.45, 2.75) is 13.0 Å². The van der Waals surface area contributed by atoms with Crippen molar-refractivity contribution >= 4 is 11.9 Å². The summed E-state index contributed by atoms with van der Waals surface area (Å²) in [6.07, 6.45) is 2.53. The molecule has 1 amide bonds. The molecule has 2 aliphatic rings. The molecule has 7 nitrogen and oxygen atoms in total. The third-order valence-electron chi connectivity index (χ3n) is 5.11. The summed E-state index contributed by atoms with van der Waals surface area (Å²) in [5, 5.41) is 3.23. The van der Waals surface area contributed by atoms with Gasteiger partial charge in [-0.25, -0.2) is 9.97 Å². The number of carbonyl (C=O) groups excluding carboxylic acids is 1. The van der Waals surface area contributed by atoms with Gasteiger partial charge in [0.15, 0.2) is 0 Å². The van der Waals surface area contributed by atoms with Gasteiger partial charge >= 0.3 is 0 Å². The lowest BCUT2D eigenvalue weighted by Crippen LogP contribution is -2.39. The Morgan fingerprint density at radius 2 is 1.93 bits per heavy atom. The average Bonchev–Trinajstić information content (AvgIpc) is 2.74. The molecule has 142 valence electrons. The van der Waals surface area contributed by atoms with Crippen LogP contribution in [-0.4, -0.2) is 71.6 Å². The van der Waals surface area contributed by atoms with Crippen LogP contribution in [-0.2, 0) is 17.7 Å². The average molecular weight is 367 g/mol. The van der Waals surface area contributed by atoms with Gasteiger partial charge in [-0.3, -0.25) is 9.69 Å². The topological polar surface area (TPSA) is 70.6 Å². The van der Waals surface area contributed by atoms with Gasteiger partial charge in [-0.15, -0.1) is 0 Å². The number of benzene rings is 1. The van der Waals surface area contributed by atoms with E-state index in [0.29, 0.717) is 18.2 Å². The molecule has 1 aromatic heterocycles. The second-order valence-electron chi connectivity index (χ2n) is 6.89. The van der Waals surface area contributed by atoms with E-state index in [9.17, 15) is 4.79 Å². The minimum atomic E-state index is -0.0388. The Balaban J connectivity index is 1.35. The van der Waals surface area contributed by atoms with E-state index in [1.165, 1.54) is 11.1 Å². The first kappa shape index (κ1) is 17.9. The highest BCUT2D eigenvalue weighted by molar-refractivity contribution is 5.92. The second-order valence-corrected chi connectivity index (χ2v) is 6.89. The Bertz CT molecular complexity index is 791. The van der Waals surface area contributed by atoms with Gasteiger partial charge in [0, 0.05) is 45.5 Å². The summed E-state index contributed by atoms with van der Waals surface area (Å²) in [5.41, 5.74) is 2.99. The zero-order valence-corrected chi connectivity index (χ0v) is 15.4. The zero-order valence-electron chi connectivity index (χ0n) is 15.4. The molecule has 0 saturated carbocycles. The van der Waals surface area contributed by atoms with Crippen molar-refractivity contribution in [1.29, 1.82) is 0 Å². The van der Waals surface area contributed by atoms with E-state index in [1.807, 2.05) is 11.0 Å². The summed E-state index contributed by atoms with van der Waals surface area (Å²) in [6.45, 7) is 6.51. The van der Waals surface area contributed by atoms with E-state index >= 15 is 0 Å². The van der Waals surface area contributed by atoms with Gasteiger partial charge in [-0.05, 0) is 23.6 Å². The molecule has 0 aliphatic carbocycles. The zero-order chi connectivity index (χ0) is 18.5. The standard InChI is InChI=1S/C20H25N5O2/c26-19(25-9-6-16-3-1-2-4-17(16)15-25)18-5-7-21-20(23-18)22-8-10-24-11-13-27-14-12-24/h1-5,7H,6,8-15H2,(H,21,22,23). The SMILES string of the molecule is O=C(c1ccnc(NCCN2CCOCC2)n1)N1CCc2ccccc2C1. The molecule has 7 heteroatoms. The Hall–Kier alpha value is -2.51. The minimum absolute atomic E-state index is 0.0388. The number of rotatable bonds is 5. The fourth-order valence-corrected chi connectivity index (χ4v) is 3.54. The van der Waals surface area contributed by atoms with Crippen molar-refractivity contribution in [2.24, 2.45) is 0 Å². The number of aromatic nitrogens is 2. The van der Waals surface area contributed by atoms with E-state index in [-0.39, 0.29) is 5.91 Å². The van der Waals surface area contributed by atoms with Crippen molar-refractivity contribution < 1.29 is 9.53 Å². The molecule has 1 N–H and O–H groups in total. The number of hydrogen-bond acceptors (Lipinski definition) is 6. The lowest BCUT2D eigenvalue weighted by Gasteiger charge is -2.28. The predicted octanol–water partition coefficient (Wildman–Crippen LogP) is 1.42. The predicted molar refractivity (Wildman–Crippen MR) is 103 cm³/mol. The van der Waals surface area contributed by atoms with E-state index < -0.39 is 0 Å². The number of hydrogen-bond donors (Lipinski definition) is 1. The van der Waals surface area contributed by atoms with Gasteiger partial charge in [-0.1, -0.05) is 24.3 Å². The highest BCUT2D eigenvalue weighted by atomic mass is 16.5. The molecule has 2 aromatic rings. The Kier molecular flexibility index (Phi) is 5.60. The van der Waals surface area contributed by atoms with Crippen LogP contribution in [0.3, 0.4) is 0 Å². The van der Waals surface area contributed by atoms with E-state index in [2.05, 4.69) is 38.4 Å². The molecule has 1 fully saturated rings. The van der Waals surface area contributed by atoms with Crippen LogP contribution in [0.1, 0.15) is 21.6 Å². The Morgan fingerprint density at radius 3 is 2.78 bits per heavy atom. The third-order valence-corrected chi connectivity index (χ3v) is 5.11. The van der Waals surface area contributed by atoms with Crippen LogP contribution in [0.4, 0.5) is 5.95 Å². The smallest absolute Gasteiger partial charge is 0.272 e. The van der Waals surface area contributed by atoms with Crippen molar-refractivity contribution in [3.8, 4) is 0 Å². The van der Waals surface area contributed by atoms with E-state index in [1.54, 1.807) is 12.3 Å². The minimum Gasteiger partial charge on any atom is -0.379 e. The first-order valence-electron chi connectivity index (χ1n) is 9.53. The molecule has 1 aromatic carbocycles. The fraction of sp³-hybridized carbons (Fsp3) is 0.450.